The number of aliphatic hydroxyl groups is 2. The van der Waals surface area contributed by atoms with Gasteiger partial charge in [-0.15, -0.1) is 0 Å². The maximum Gasteiger partial charge on any atom is 0.472 e. The summed E-state index contributed by atoms with van der Waals surface area (Å²) in [6.07, 6.45) is 37.4. The molecule has 362 valence electrons. The zero-order chi connectivity index (χ0) is 46.6. The van der Waals surface area contributed by atoms with E-state index in [1.165, 1.54) is 25.7 Å². The summed E-state index contributed by atoms with van der Waals surface area (Å²) >= 11 is 0. The number of allylic oxidation sites excluding steroid dienone is 8. The Morgan fingerprint density at radius 1 is 0.746 bits per heavy atom. The number of carbonyl (C=O) groups is 3. The minimum Gasteiger partial charge on any atom is -0.462 e. The van der Waals surface area contributed by atoms with Crippen LogP contribution in [0.1, 0.15) is 162 Å². The molecule has 1 unspecified atom stereocenters. The Morgan fingerprint density at radius 3 is 1.92 bits per heavy atom. The van der Waals surface area contributed by atoms with E-state index in [0.717, 1.165) is 77.0 Å². The standard InChI is InChI=1S/C50H86NO11P/c1-6-8-10-11-12-13-14-15-16-17-18-19-20-21-22-23-24-25-31-35-50(56)62-44(42-61-63(57,58)60-39-38-51(3,4)5)41-59-49(55)34-30-27-26-29-33-45-46(48(54)40-47(45)53)37-36-43(52)32-28-9-7-2/h12-13,15-16,18-19,21-22,36-37,43-46,48,52,54H,6-11,14,17,20,23-35,38-42H2,1-5H3/p+1/b13-12-,16-15-,19-18-,22-21-,37-36+/t43-,44+,45+,46+,48+/m0/s1. The van der Waals surface area contributed by atoms with Gasteiger partial charge in [-0.3, -0.25) is 23.4 Å². The smallest absolute Gasteiger partial charge is 0.462 e. The van der Waals surface area contributed by atoms with Crippen molar-refractivity contribution in [2.75, 3.05) is 47.5 Å². The molecule has 1 rings (SSSR count). The summed E-state index contributed by atoms with van der Waals surface area (Å²) in [5, 5.41) is 20.8. The molecule has 0 heterocycles. The van der Waals surface area contributed by atoms with Gasteiger partial charge in [0.2, 0.25) is 0 Å². The second-order valence-corrected chi connectivity index (χ2v) is 19.4. The van der Waals surface area contributed by atoms with E-state index in [0.29, 0.717) is 36.7 Å². The first-order valence-electron chi connectivity index (χ1n) is 24.1. The fraction of sp³-hybridized carbons (Fsp3) is 0.740. The summed E-state index contributed by atoms with van der Waals surface area (Å²) in [7, 11) is 1.31. The van der Waals surface area contributed by atoms with E-state index in [-0.39, 0.29) is 50.1 Å². The Morgan fingerprint density at radius 2 is 1.30 bits per heavy atom. The van der Waals surface area contributed by atoms with Crippen molar-refractivity contribution >= 4 is 25.5 Å². The lowest BCUT2D eigenvalue weighted by molar-refractivity contribution is -0.870. The van der Waals surface area contributed by atoms with Crippen LogP contribution >= 0.6 is 7.82 Å². The normalized spacial score (nSPS) is 19.3. The molecule has 0 amide bonds. The molecule has 0 bridgehead atoms. The number of Topliss-reactive ketones (excluding diaryl/α,β-unsaturated/α-hetero) is 1. The van der Waals surface area contributed by atoms with Gasteiger partial charge in [0.25, 0.3) is 0 Å². The van der Waals surface area contributed by atoms with Crippen LogP contribution in [0, 0.1) is 11.8 Å². The fourth-order valence-corrected chi connectivity index (χ4v) is 7.81. The van der Waals surface area contributed by atoms with E-state index >= 15 is 0 Å². The van der Waals surface area contributed by atoms with Crippen LogP contribution in [-0.4, -0.2) is 103 Å². The lowest BCUT2D eigenvalue weighted by Crippen LogP contribution is -2.37. The number of phosphoric ester groups is 1. The molecule has 0 aliphatic heterocycles. The molecule has 1 aliphatic carbocycles. The lowest BCUT2D eigenvalue weighted by atomic mass is 9.88. The average molecular weight is 909 g/mol. The first kappa shape index (κ1) is 58.3. The van der Waals surface area contributed by atoms with Gasteiger partial charge in [-0.2, -0.15) is 0 Å². The predicted molar refractivity (Wildman–Crippen MR) is 253 cm³/mol. The van der Waals surface area contributed by atoms with Crippen molar-refractivity contribution in [3.63, 3.8) is 0 Å². The van der Waals surface area contributed by atoms with E-state index < -0.39 is 44.7 Å². The van der Waals surface area contributed by atoms with Crippen molar-refractivity contribution in [3.05, 3.63) is 60.8 Å². The molecule has 1 saturated carbocycles. The number of hydrogen-bond acceptors (Lipinski definition) is 10. The molecule has 13 heteroatoms. The van der Waals surface area contributed by atoms with E-state index in [4.69, 9.17) is 18.5 Å². The number of rotatable bonds is 39. The van der Waals surface area contributed by atoms with Gasteiger partial charge in [-0.25, -0.2) is 4.57 Å². The number of unbranched alkanes of at least 4 members (excludes halogenated alkanes) is 11. The van der Waals surface area contributed by atoms with Gasteiger partial charge in [0, 0.05) is 31.1 Å². The van der Waals surface area contributed by atoms with Crippen LogP contribution in [0.25, 0.3) is 0 Å². The highest BCUT2D eigenvalue weighted by Crippen LogP contribution is 2.43. The Balaban J connectivity index is 2.46. The summed E-state index contributed by atoms with van der Waals surface area (Å²) in [6, 6.07) is 0. The number of carbonyl (C=O) groups excluding carboxylic acids is 3. The molecule has 12 nitrogen and oxygen atoms in total. The number of hydrogen-bond donors (Lipinski definition) is 3. The van der Waals surface area contributed by atoms with Crippen LogP contribution in [0.5, 0.6) is 0 Å². The number of ether oxygens (including phenoxy) is 2. The maximum atomic E-state index is 12.8. The third kappa shape index (κ3) is 33.4. The fourth-order valence-electron chi connectivity index (χ4n) is 7.07. The largest absolute Gasteiger partial charge is 0.472 e. The van der Waals surface area contributed by atoms with Crippen molar-refractivity contribution < 1.29 is 57.1 Å². The van der Waals surface area contributed by atoms with E-state index in [2.05, 4.69) is 62.5 Å². The summed E-state index contributed by atoms with van der Waals surface area (Å²) in [5.41, 5.74) is 0. The highest BCUT2D eigenvalue weighted by atomic mass is 31.2. The number of esters is 2. The first-order valence-corrected chi connectivity index (χ1v) is 25.6. The van der Waals surface area contributed by atoms with E-state index in [1.807, 2.05) is 27.2 Å². The van der Waals surface area contributed by atoms with Crippen LogP contribution in [0.2, 0.25) is 0 Å². The van der Waals surface area contributed by atoms with Crippen LogP contribution in [0.15, 0.2) is 60.8 Å². The monoisotopic (exact) mass is 909 g/mol. The highest BCUT2D eigenvalue weighted by Gasteiger charge is 2.39. The molecule has 0 aromatic heterocycles. The quantitative estimate of drug-likeness (QED) is 0.0177. The lowest BCUT2D eigenvalue weighted by Gasteiger charge is -2.24. The SMILES string of the molecule is CCCCC/C=C\C/C=C\C/C=C\C/C=C\CCCCCC(=O)O[C@H](COC(=O)CCCCCC[C@H]1C(=O)C[C@@H](O)[C@@H]1/C=C/[C@@H](O)CCCCC)COP(=O)(O)OCC[N+](C)(C)C. The summed E-state index contributed by atoms with van der Waals surface area (Å²) in [5.74, 6) is -1.53. The molecular weight excluding hydrogens is 822 g/mol. The predicted octanol–water partition coefficient (Wildman–Crippen LogP) is 10.6. The Kier molecular flexibility index (Phi) is 33.8. The Hall–Kier alpha value is -2.70. The third-order valence-corrected chi connectivity index (χ3v) is 11.9. The Labute approximate surface area is 381 Å². The van der Waals surface area contributed by atoms with Gasteiger partial charge in [0.05, 0.1) is 40.0 Å². The van der Waals surface area contributed by atoms with Gasteiger partial charge >= 0.3 is 19.8 Å². The van der Waals surface area contributed by atoms with Crippen molar-refractivity contribution in [3.8, 4) is 0 Å². The van der Waals surface area contributed by atoms with Gasteiger partial charge in [-0.1, -0.05) is 132 Å². The number of nitrogens with zero attached hydrogens (tertiary/aromatic N) is 1. The third-order valence-electron chi connectivity index (χ3n) is 10.9. The van der Waals surface area contributed by atoms with Crippen molar-refractivity contribution in [2.45, 2.75) is 180 Å². The topological polar surface area (TPSA) is 166 Å². The van der Waals surface area contributed by atoms with Crippen molar-refractivity contribution in [1.82, 2.24) is 0 Å². The number of phosphoric acid groups is 1. The molecule has 1 aliphatic rings. The molecule has 6 atom stereocenters. The minimum absolute atomic E-state index is 0.0162. The summed E-state index contributed by atoms with van der Waals surface area (Å²) in [4.78, 5) is 48.3. The van der Waals surface area contributed by atoms with E-state index in [1.54, 1.807) is 6.08 Å². The summed E-state index contributed by atoms with van der Waals surface area (Å²) in [6.45, 7) is 3.97. The second-order valence-electron chi connectivity index (χ2n) is 17.9. The van der Waals surface area contributed by atoms with E-state index in [9.17, 15) is 34.1 Å². The zero-order valence-corrected chi connectivity index (χ0v) is 40.6. The van der Waals surface area contributed by atoms with Crippen molar-refractivity contribution in [2.24, 2.45) is 11.8 Å². The average Bonchev–Trinajstić information content (AvgIpc) is 3.50. The van der Waals surface area contributed by atoms with Crippen LogP contribution in [0.3, 0.4) is 0 Å². The summed E-state index contributed by atoms with van der Waals surface area (Å²) < 4.78 is 34.3. The number of ketones is 1. The van der Waals surface area contributed by atoms with Gasteiger partial charge < -0.3 is 29.1 Å². The minimum atomic E-state index is -4.45. The van der Waals surface area contributed by atoms with Crippen LogP contribution in [-0.2, 0) is 37.5 Å². The van der Waals surface area contributed by atoms with Crippen LogP contribution < -0.4 is 0 Å². The molecule has 0 spiro atoms. The molecular formula is C50H87NO11P+. The molecule has 0 aromatic rings. The van der Waals surface area contributed by atoms with Gasteiger partial charge in [0.15, 0.2) is 6.10 Å². The first-order chi connectivity index (χ1) is 30.2. The van der Waals surface area contributed by atoms with Gasteiger partial charge in [0.1, 0.15) is 25.5 Å². The van der Waals surface area contributed by atoms with Gasteiger partial charge in [-0.05, 0) is 70.6 Å². The second kappa shape index (κ2) is 36.5. The number of likely N-dealkylation sites (N-methyl/N-ethyl adjacent to an activating group) is 1. The molecule has 0 saturated heterocycles. The molecule has 3 N–H and O–H groups in total. The number of quaternary nitrogens is 1. The molecule has 0 radical (unpaired) electrons. The number of aliphatic hydroxyl groups excluding tert-OH is 2. The Bertz CT molecular complexity index is 1420. The molecule has 1 fully saturated rings. The highest BCUT2D eigenvalue weighted by molar-refractivity contribution is 7.47. The molecule has 63 heavy (non-hydrogen) atoms. The zero-order valence-electron chi connectivity index (χ0n) is 39.8. The molecule has 0 aromatic carbocycles. The van der Waals surface area contributed by atoms with Crippen LogP contribution in [0.4, 0.5) is 0 Å². The maximum absolute atomic E-state index is 12.8. The van der Waals surface area contributed by atoms with Crippen molar-refractivity contribution in [1.29, 1.82) is 0 Å².